The van der Waals surface area contributed by atoms with Crippen LogP contribution in [0.5, 0.6) is 0 Å². The predicted octanol–water partition coefficient (Wildman–Crippen LogP) is 2.08. The van der Waals surface area contributed by atoms with Crippen LogP contribution < -0.4 is 5.32 Å². The third-order valence-electron chi connectivity index (χ3n) is 1.95. The van der Waals surface area contributed by atoms with Crippen molar-refractivity contribution in [3.05, 3.63) is 36.9 Å². The van der Waals surface area contributed by atoms with Crippen molar-refractivity contribution in [1.82, 2.24) is 0 Å². The van der Waals surface area contributed by atoms with Crippen molar-refractivity contribution in [3.8, 4) is 0 Å². The van der Waals surface area contributed by atoms with Gasteiger partial charge in [-0.2, -0.15) is 0 Å². The van der Waals surface area contributed by atoms with E-state index in [0.717, 1.165) is 6.42 Å². The smallest absolute Gasteiger partial charge is 0.177 e. The lowest BCUT2D eigenvalue weighted by Crippen LogP contribution is -2.06. The Morgan fingerprint density at radius 1 is 1.40 bits per heavy atom. The summed E-state index contributed by atoms with van der Waals surface area (Å²) in [5, 5.41) is 3.07. The van der Waals surface area contributed by atoms with Crippen LogP contribution in [0, 0.1) is 0 Å². The second-order valence-electron chi connectivity index (χ2n) is 3.27. The van der Waals surface area contributed by atoms with Crippen molar-refractivity contribution >= 4 is 15.5 Å². The Morgan fingerprint density at radius 3 is 2.67 bits per heavy atom. The highest BCUT2D eigenvalue weighted by Crippen LogP contribution is 2.20. The monoisotopic (exact) mass is 225 g/mol. The molecule has 1 N–H and O–H groups in total. The number of para-hydroxylation sites is 1. The minimum Gasteiger partial charge on any atom is -0.384 e. The van der Waals surface area contributed by atoms with Crippen molar-refractivity contribution in [2.24, 2.45) is 0 Å². The molecule has 0 aliphatic carbocycles. The van der Waals surface area contributed by atoms with Gasteiger partial charge in [-0.25, -0.2) is 8.42 Å². The molecule has 4 heteroatoms. The first-order valence-corrected chi connectivity index (χ1v) is 6.58. The van der Waals surface area contributed by atoms with Crippen molar-refractivity contribution in [2.75, 3.05) is 18.1 Å². The van der Waals surface area contributed by atoms with Gasteiger partial charge in [0, 0.05) is 12.8 Å². The van der Waals surface area contributed by atoms with E-state index in [9.17, 15) is 8.42 Å². The molecular formula is C11H15NO2S. The van der Waals surface area contributed by atoms with Gasteiger partial charge in [0.1, 0.15) is 0 Å². The maximum absolute atomic E-state index is 11.4. The molecule has 1 aromatic carbocycles. The van der Waals surface area contributed by atoms with Crippen LogP contribution in [0.3, 0.4) is 0 Å². The molecule has 0 spiro atoms. The summed E-state index contributed by atoms with van der Waals surface area (Å²) in [6.45, 7) is 4.30. The first kappa shape index (κ1) is 11.8. The van der Waals surface area contributed by atoms with E-state index in [0.29, 0.717) is 17.1 Å². The van der Waals surface area contributed by atoms with Gasteiger partial charge >= 0.3 is 0 Å². The Balaban J connectivity index is 2.92. The Bertz CT molecular complexity index is 438. The first-order valence-electron chi connectivity index (χ1n) is 4.69. The van der Waals surface area contributed by atoms with Crippen LogP contribution in [0.15, 0.2) is 41.8 Å². The minimum absolute atomic E-state index is 0.342. The molecule has 0 saturated heterocycles. The summed E-state index contributed by atoms with van der Waals surface area (Å²) in [4.78, 5) is 0.342. The fraction of sp³-hybridized carbons (Fsp3) is 0.273. The molecule has 15 heavy (non-hydrogen) atoms. The highest BCUT2D eigenvalue weighted by atomic mass is 32.2. The largest absolute Gasteiger partial charge is 0.384 e. The summed E-state index contributed by atoms with van der Waals surface area (Å²) in [6.07, 6.45) is 3.80. The molecule has 0 radical (unpaired) electrons. The lowest BCUT2D eigenvalue weighted by atomic mass is 10.3. The fourth-order valence-electron chi connectivity index (χ4n) is 1.24. The van der Waals surface area contributed by atoms with E-state index in [1.807, 2.05) is 6.07 Å². The molecule has 0 aliphatic rings. The summed E-state index contributed by atoms with van der Waals surface area (Å²) in [7, 11) is -3.16. The number of hydrogen-bond acceptors (Lipinski definition) is 3. The van der Waals surface area contributed by atoms with Gasteiger partial charge in [0.2, 0.25) is 0 Å². The van der Waals surface area contributed by atoms with Crippen LogP contribution >= 0.6 is 0 Å². The lowest BCUT2D eigenvalue weighted by molar-refractivity contribution is 0.602. The second-order valence-corrected chi connectivity index (χ2v) is 5.26. The van der Waals surface area contributed by atoms with Crippen molar-refractivity contribution in [3.63, 3.8) is 0 Å². The molecule has 0 heterocycles. The third kappa shape index (κ3) is 3.40. The molecule has 82 valence electrons. The van der Waals surface area contributed by atoms with Crippen LogP contribution in [0.4, 0.5) is 5.69 Å². The normalized spacial score (nSPS) is 11.0. The van der Waals surface area contributed by atoms with E-state index in [1.165, 1.54) is 6.26 Å². The average Bonchev–Trinajstić information content (AvgIpc) is 2.17. The standard InChI is InChI=1S/C11H15NO2S/c1-3-4-9-12-10-7-5-6-8-11(10)15(2,13)14/h3,5-8,12H,1,4,9H2,2H3. The summed E-state index contributed by atoms with van der Waals surface area (Å²) in [5.74, 6) is 0. The molecular weight excluding hydrogens is 210 g/mol. The van der Waals surface area contributed by atoms with E-state index in [2.05, 4.69) is 11.9 Å². The number of rotatable bonds is 5. The number of sulfone groups is 1. The van der Waals surface area contributed by atoms with Crippen molar-refractivity contribution in [1.29, 1.82) is 0 Å². The zero-order valence-electron chi connectivity index (χ0n) is 8.73. The molecule has 1 aromatic rings. The Morgan fingerprint density at radius 2 is 2.07 bits per heavy atom. The van der Waals surface area contributed by atoms with E-state index in [1.54, 1.807) is 24.3 Å². The van der Waals surface area contributed by atoms with Crippen LogP contribution in [-0.2, 0) is 9.84 Å². The molecule has 0 aromatic heterocycles. The highest BCUT2D eigenvalue weighted by molar-refractivity contribution is 7.90. The van der Waals surface area contributed by atoms with Gasteiger partial charge in [-0.05, 0) is 18.6 Å². The predicted molar refractivity (Wildman–Crippen MR) is 62.9 cm³/mol. The fourth-order valence-corrected chi connectivity index (χ4v) is 2.11. The summed E-state index contributed by atoms with van der Waals surface area (Å²) in [5.41, 5.74) is 0.654. The molecule has 0 saturated carbocycles. The summed E-state index contributed by atoms with van der Waals surface area (Å²) >= 11 is 0. The maximum atomic E-state index is 11.4. The maximum Gasteiger partial charge on any atom is 0.177 e. The van der Waals surface area contributed by atoms with Crippen molar-refractivity contribution in [2.45, 2.75) is 11.3 Å². The zero-order chi connectivity index (χ0) is 11.3. The van der Waals surface area contributed by atoms with Crippen LogP contribution in [0.2, 0.25) is 0 Å². The van der Waals surface area contributed by atoms with Crippen LogP contribution in [-0.4, -0.2) is 21.2 Å². The third-order valence-corrected chi connectivity index (χ3v) is 3.11. The van der Waals surface area contributed by atoms with E-state index in [4.69, 9.17) is 0 Å². The van der Waals surface area contributed by atoms with E-state index < -0.39 is 9.84 Å². The molecule has 0 aliphatic heterocycles. The quantitative estimate of drug-likeness (QED) is 0.616. The summed E-state index contributed by atoms with van der Waals surface area (Å²) in [6, 6.07) is 6.89. The van der Waals surface area contributed by atoms with Gasteiger partial charge in [-0.1, -0.05) is 18.2 Å². The van der Waals surface area contributed by atoms with Crippen LogP contribution in [0.1, 0.15) is 6.42 Å². The SMILES string of the molecule is C=CCCNc1ccccc1S(C)(=O)=O. The second kappa shape index (κ2) is 4.98. The molecule has 1 rings (SSSR count). The number of anilines is 1. The van der Waals surface area contributed by atoms with Gasteiger partial charge in [0.25, 0.3) is 0 Å². The molecule has 3 nitrogen and oxygen atoms in total. The molecule has 0 amide bonds. The van der Waals surface area contributed by atoms with Gasteiger partial charge < -0.3 is 5.32 Å². The molecule has 0 atom stereocenters. The molecule has 0 unspecified atom stereocenters. The van der Waals surface area contributed by atoms with Gasteiger partial charge in [-0.15, -0.1) is 6.58 Å². The molecule has 0 fully saturated rings. The number of hydrogen-bond donors (Lipinski definition) is 1. The highest BCUT2D eigenvalue weighted by Gasteiger charge is 2.11. The summed E-state index contributed by atoms with van der Waals surface area (Å²) < 4.78 is 22.9. The Hall–Kier alpha value is -1.29. The Kier molecular flexibility index (Phi) is 3.91. The van der Waals surface area contributed by atoms with E-state index in [-0.39, 0.29) is 0 Å². The van der Waals surface area contributed by atoms with Gasteiger partial charge in [0.05, 0.1) is 10.6 Å². The minimum atomic E-state index is -3.16. The average molecular weight is 225 g/mol. The van der Waals surface area contributed by atoms with Gasteiger partial charge in [-0.3, -0.25) is 0 Å². The van der Waals surface area contributed by atoms with E-state index >= 15 is 0 Å². The topological polar surface area (TPSA) is 46.2 Å². The zero-order valence-corrected chi connectivity index (χ0v) is 9.55. The number of nitrogens with one attached hydrogen (secondary N) is 1. The Labute approximate surface area is 90.7 Å². The number of benzene rings is 1. The van der Waals surface area contributed by atoms with Crippen LogP contribution in [0.25, 0.3) is 0 Å². The lowest BCUT2D eigenvalue weighted by Gasteiger charge is -2.09. The van der Waals surface area contributed by atoms with Crippen molar-refractivity contribution < 1.29 is 8.42 Å². The molecule has 0 bridgehead atoms. The first-order chi connectivity index (χ1) is 7.05. The van der Waals surface area contributed by atoms with Gasteiger partial charge in [0.15, 0.2) is 9.84 Å².